The Balaban J connectivity index is 2.10. The number of benzene rings is 1. The van der Waals surface area contributed by atoms with Crippen molar-refractivity contribution in [2.24, 2.45) is 5.73 Å². The second kappa shape index (κ2) is 6.51. The standard InChI is InChI=1S/C16H26N2O/c1-12-6-4-7-14(10-12)16(13(2)17)18(3)11-15-8-5-9-19-15/h4,6-7,10,13,15-16H,5,8-9,11,17H2,1-3H3. The van der Waals surface area contributed by atoms with Gasteiger partial charge in [-0.05, 0) is 39.3 Å². The zero-order valence-corrected chi connectivity index (χ0v) is 12.3. The maximum absolute atomic E-state index is 6.21. The normalized spacial score (nSPS) is 22.7. The molecule has 0 bridgehead atoms. The van der Waals surface area contributed by atoms with E-state index in [-0.39, 0.29) is 12.1 Å². The summed E-state index contributed by atoms with van der Waals surface area (Å²) in [6.45, 7) is 6.08. The van der Waals surface area contributed by atoms with Crippen molar-refractivity contribution in [2.45, 2.75) is 44.9 Å². The van der Waals surface area contributed by atoms with E-state index in [1.165, 1.54) is 24.0 Å². The van der Waals surface area contributed by atoms with E-state index in [0.29, 0.717) is 6.10 Å². The highest BCUT2D eigenvalue weighted by atomic mass is 16.5. The Kier molecular flexibility index (Phi) is 4.97. The molecule has 1 aliphatic rings. The largest absolute Gasteiger partial charge is 0.377 e. The molecule has 1 aromatic carbocycles. The van der Waals surface area contributed by atoms with E-state index in [0.717, 1.165) is 13.2 Å². The van der Waals surface area contributed by atoms with Crippen molar-refractivity contribution in [1.82, 2.24) is 4.90 Å². The SMILES string of the molecule is Cc1cccc(C(C(C)N)N(C)CC2CCCO2)c1. The van der Waals surface area contributed by atoms with Crippen molar-refractivity contribution in [3.05, 3.63) is 35.4 Å². The molecule has 3 unspecified atom stereocenters. The third-order valence-electron chi connectivity index (χ3n) is 3.87. The van der Waals surface area contributed by atoms with E-state index in [1.54, 1.807) is 0 Å². The summed E-state index contributed by atoms with van der Waals surface area (Å²) in [5.41, 5.74) is 8.80. The lowest BCUT2D eigenvalue weighted by atomic mass is 9.97. The molecule has 1 aromatic rings. The van der Waals surface area contributed by atoms with Crippen LogP contribution >= 0.6 is 0 Å². The van der Waals surface area contributed by atoms with Crippen molar-refractivity contribution in [3.8, 4) is 0 Å². The molecule has 1 fully saturated rings. The molecule has 0 spiro atoms. The third kappa shape index (κ3) is 3.78. The second-order valence-electron chi connectivity index (χ2n) is 5.79. The molecule has 0 aromatic heterocycles. The quantitative estimate of drug-likeness (QED) is 0.886. The lowest BCUT2D eigenvalue weighted by Crippen LogP contribution is -2.40. The van der Waals surface area contributed by atoms with E-state index in [4.69, 9.17) is 10.5 Å². The number of nitrogens with zero attached hydrogens (tertiary/aromatic N) is 1. The lowest BCUT2D eigenvalue weighted by molar-refractivity contribution is 0.0642. The van der Waals surface area contributed by atoms with Crippen LogP contribution in [-0.4, -0.2) is 37.2 Å². The Morgan fingerprint density at radius 3 is 2.84 bits per heavy atom. The van der Waals surface area contributed by atoms with Crippen molar-refractivity contribution in [2.75, 3.05) is 20.2 Å². The second-order valence-corrected chi connectivity index (χ2v) is 5.79. The van der Waals surface area contributed by atoms with Gasteiger partial charge in [0.15, 0.2) is 0 Å². The summed E-state index contributed by atoms with van der Waals surface area (Å²) < 4.78 is 5.73. The zero-order valence-electron chi connectivity index (χ0n) is 12.3. The van der Waals surface area contributed by atoms with E-state index < -0.39 is 0 Å². The van der Waals surface area contributed by atoms with Gasteiger partial charge in [-0.2, -0.15) is 0 Å². The van der Waals surface area contributed by atoms with Crippen LogP contribution in [0.1, 0.15) is 36.9 Å². The number of hydrogen-bond acceptors (Lipinski definition) is 3. The topological polar surface area (TPSA) is 38.5 Å². The van der Waals surface area contributed by atoms with Gasteiger partial charge in [0.25, 0.3) is 0 Å². The molecule has 3 heteroatoms. The molecule has 2 N–H and O–H groups in total. The third-order valence-corrected chi connectivity index (χ3v) is 3.87. The average Bonchev–Trinajstić information content (AvgIpc) is 2.81. The summed E-state index contributed by atoms with van der Waals surface area (Å²) in [7, 11) is 2.15. The summed E-state index contributed by atoms with van der Waals surface area (Å²) in [5.74, 6) is 0. The predicted octanol–water partition coefficient (Wildman–Crippen LogP) is 2.49. The first-order chi connectivity index (χ1) is 9.08. The number of ether oxygens (including phenoxy) is 1. The molecule has 3 nitrogen and oxygen atoms in total. The van der Waals surface area contributed by atoms with Crippen LogP contribution < -0.4 is 5.73 Å². The molecular formula is C16H26N2O. The van der Waals surface area contributed by atoms with Gasteiger partial charge < -0.3 is 10.5 Å². The molecule has 1 aliphatic heterocycles. The lowest BCUT2D eigenvalue weighted by Gasteiger charge is -2.33. The number of rotatable bonds is 5. The Bertz CT molecular complexity index is 399. The Hall–Kier alpha value is -0.900. The van der Waals surface area contributed by atoms with E-state index >= 15 is 0 Å². The summed E-state index contributed by atoms with van der Waals surface area (Å²) in [6, 6.07) is 9.01. The van der Waals surface area contributed by atoms with Crippen molar-refractivity contribution < 1.29 is 4.74 Å². The first kappa shape index (κ1) is 14.5. The number of nitrogens with two attached hydrogens (primary N) is 1. The minimum absolute atomic E-state index is 0.105. The van der Waals surface area contributed by atoms with E-state index in [2.05, 4.69) is 50.1 Å². The summed E-state index contributed by atoms with van der Waals surface area (Å²) >= 11 is 0. The van der Waals surface area contributed by atoms with Gasteiger partial charge in [0.05, 0.1) is 6.10 Å². The molecule has 106 valence electrons. The summed E-state index contributed by atoms with van der Waals surface area (Å²) in [5, 5.41) is 0. The molecule has 1 saturated heterocycles. The number of likely N-dealkylation sites (N-methyl/N-ethyl adjacent to an activating group) is 1. The minimum atomic E-state index is 0.105. The van der Waals surface area contributed by atoms with E-state index in [9.17, 15) is 0 Å². The monoisotopic (exact) mass is 262 g/mol. The van der Waals surface area contributed by atoms with Crippen molar-refractivity contribution in [3.63, 3.8) is 0 Å². The first-order valence-electron chi connectivity index (χ1n) is 7.22. The van der Waals surface area contributed by atoms with Crippen LogP contribution in [0.3, 0.4) is 0 Å². The average molecular weight is 262 g/mol. The minimum Gasteiger partial charge on any atom is -0.377 e. The highest BCUT2D eigenvalue weighted by Gasteiger charge is 2.25. The van der Waals surface area contributed by atoms with Gasteiger partial charge in [-0.1, -0.05) is 29.8 Å². The molecular weight excluding hydrogens is 236 g/mol. The molecule has 0 aliphatic carbocycles. The van der Waals surface area contributed by atoms with Crippen LogP contribution in [0.25, 0.3) is 0 Å². The molecule has 0 saturated carbocycles. The summed E-state index contributed by atoms with van der Waals surface area (Å²) in [6.07, 6.45) is 2.73. The maximum Gasteiger partial charge on any atom is 0.0702 e. The van der Waals surface area contributed by atoms with Gasteiger partial charge >= 0.3 is 0 Å². The highest BCUT2D eigenvalue weighted by molar-refractivity contribution is 5.26. The highest BCUT2D eigenvalue weighted by Crippen LogP contribution is 2.25. The van der Waals surface area contributed by atoms with Gasteiger partial charge in [-0.3, -0.25) is 4.90 Å². The molecule has 1 heterocycles. The fourth-order valence-corrected chi connectivity index (χ4v) is 3.04. The Labute approximate surface area is 116 Å². The van der Waals surface area contributed by atoms with Crippen molar-refractivity contribution in [1.29, 1.82) is 0 Å². The smallest absolute Gasteiger partial charge is 0.0702 e. The molecule has 0 amide bonds. The first-order valence-corrected chi connectivity index (χ1v) is 7.22. The van der Waals surface area contributed by atoms with Crippen LogP contribution in [0.15, 0.2) is 24.3 Å². The fourth-order valence-electron chi connectivity index (χ4n) is 3.04. The van der Waals surface area contributed by atoms with Crippen molar-refractivity contribution >= 4 is 0 Å². The molecule has 3 atom stereocenters. The van der Waals surface area contributed by atoms with Crippen LogP contribution in [0.2, 0.25) is 0 Å². The predicted molar refractivity (Wildman–Crippen MR) is 79.2 cm³/mol. The molecule has 2 rings (SSSR count). The number of aryl methyl sites for hydroxylation is 1. The van der Waals surface area contributed by atoms with E-state index in [1.807, 2.05) is 0 Å². The Morgan fingerprint density at radius 2 is 2.26 bits per heavy atom. The van der Waals surface area contributed by atoms with Crippen LogP contribution in [-0.2, 0) is 4.74 Å². The van der Waals surface area contributed by atoms with Crippen LogP contribution in [0.4, 0.5) is 0 Å². The van der Waals surface area contributed by atoms with Gasteiger partial charge in [0.2, 0.25) is 0 Å². The van der Waals surface area contributed by atoms with Crippen LogP contribution in [0, 0.1) is 6.92 Å². The maximum atomic E-state index is 6.21. The molecule has 0 radical (unpaired) electrons. The van der Waals surface area contributed by atoms with Gasteiger partial charge in [0, 0.05) is 25.2 Å². The van der Waals surface area contributed by atoms with Gasteiger partial charge in [-0.15, -0.1) is 0 Å². The van der Waals surface area contributed by atoms with Gasteiger partial charge in [-0.25, -0.2) is 0 Å². The summed E-state index contributed by atoms with van der Waals surface area (Å²) in [4.78, 5) is 2.34. The number of hydrogen-bond donors (Lipinski definition) is 1. The van der Waals surface area contributed by atoms with Crippen LogP contribution in [0.5, 0.6) is 0 Å². The zero-order chi connectivity index (χ0) is 13.8. The van der Waals surface area contributed by atoms with Gasteiger partial charge in [0.1, 0.15) is 0 Å². The molecule has 19 heavy (non-hydrogen) atoms. The Morgan fingerprint density at radius 1 is 1.47 bits per heavy atom. The fraction of sp³-hybridized carbons (Fsp3) is 0.625.